The van der Waals surface area contributed by atoms with E-state index >= 15 is 0 Å². The molecule has 0 aromatic heterocycles. The third kappa shape index (κ3) is 19.9. The topological polar surface area (TPSA) is 20.2 Å². The van der Waals surface area contributed by atoms with E-state index in [1.807, 2.05) is 0 Å². The second kappa shape index (κ2) is 23.5. The van der Waals surface area contributed by atoms with Gasteiger partial charge in [-0.25, -0.2) is 0 Å². The molecule has 0 aliphatic carbocycles. The van der Waals surface area contributed by atoms with Gasteiger partial charge in [-0.2, -0.15) is 0 Å². The summed E-state index contributed by atoms with van der Waals surface area (Å²) >= 11 is 0. The summed E-state index contributed by atoms with van der Waals surface area (Å²) in [6, 6.07) is 0. The van der Waals surface area contributed by atoms with Gasteiger partial charge in [0.1, 0.15) is 0 Å². The van der Waals surface area contributed by atoms with E-state index in [1.54, 1.807) is 0 Å². The van der Waals surface area contributed by atoms with Crippen LogP contribution in [0.4, 0.5) is 0 Å². The smallest absolute Gasteiger partial charge is 1.00 e. The Labute approximate surface area is 120 Å². The van der Waals surface area contributed by atoms with Crippen molar-refractivity contribution < 1.29 is 68.5 Å². The van der Waals surface area contributed by atoms with Gasteiger partial charge in [0.05, 0.1) is 0 Å². The van der Waals surface area contributed by atoms with Gasteiger partial charge in [-0.3, -0.25) is 0 Å². The van der Waals surface area contributed by atoms with E-state index in [0.29, 0.717) is 12.5 Å². The zero-order valence-corrected chi connectivity index (χ0v) is 12.9. The molecule has 81 valence electrons. The number of hydrogen-bond acceptors (Lipinski definition) is 1. The van der Waals surface area contributed by atoms with Crippen LogP contribution in [0.15, 0.2) is 0 Å². The van der Waals surface area contributed by atoms with Crippen molar-refractivity contribution in [2.75, 3.05) is 6.61 Å². The summed E-state index contributed by atoms with van der Waals surface area (Å²) < 4.78 is 0. The number of unbranched alkanes of at least 4 members (excludes halogenated alkanes) is 1. The van der Waals surface area contributed by atoms with Crippen LogP contribution in [-0.2, 0) is 26.2 Å². The van der Waals surface area contributed by atoms with Gasteiger partial charge >= 0.3 is 26.2 Å². The van der Waals surface area contributed by atoms with Gasteiger partial charge in [0, 0.05) is 6.61 Å². The number of aliphatic hydroxyl groups is 1. The van der Waals surface area contributed by atoms with Crippen LogP contribution in [-0.4, -0.2) is 11.7 Å². The van der Waals surface area contributed by atoms with Crippen LogP contribution in [0, 0.1) is 5.92 Å². The molecule has 0 saturated carbocycles. The van der Waals surface area contributed by atoms with Crippen molar-refractivity contribution in [2.24, 2.45) is 5.92 Å². The molecule has 1 nitrogen and oxygen atoms in total. The molecule has 0 aromatic rings. The Kier molecular flexibility index (Phi) is 53.0. The summed E-state index contributed by atoms with van der Waals surface area (Å²) in [6.07, 6.45) is 4.83. The van der Waals surface area contributed by atoms with E-state index < -0.39 is 0 Å². The van der Waals surface area contributed by atoms with E-state index in [9.17, 15) is 0 Å². The van der Waals surface area contributed by atoms with Crippen molar-refractivity contribution in [2.45, 2.75) is 39.5 Å². The normalized spacial score (nSPS) is 9.46. The molecule has 0 aliphatic heterocycles. The summed E-state index contributed by atoms with van der Waals surface area (Å²) in [7, 11) is 0. The first kappa shape index (κ1) is 29.3. The molecule has 0 heterocycles. The zero-order chi connectivity index (χ0) is 7.11. The Morgan fingerprint density at radius 2 is 1.54 bits per heavy atom. The van der Waals surface area contributed by atoms with Crippen LogP contribution >= 0.6 is 0 Å². The van der Waals surface area contributed by atoms with E-state index in [0.717, 1.165) is 6.42 Å². The predicted octanol–water partition coefficient (Wildman–Crippen LogP) is -6.80. The van der Waals surface area contributed by atoms with E-state index in [4.69, 9.17) is 5.11 Å². The SMILES string of the molecule is CCCCC(CC)CO.[Cl-].[Cl-].[Cl-].[Zr+3]. The summed E-state index contributed by atoms with van der Waals surface area (Å²) in [4.78, 5) is 0. The minimum absolute atomic E-state index is 0. The third-order valence-corrected chi connectivity index (χ3v) is 1.80. The molecule has 0 amide bonds. The Morgan fingerprint density at radius 3 is 1.77 bits per heavy atom. The van der Waals surface area contributed by atoms with Crippen LogP contribution in [0.25, 0.3) is 0 Å². The standard InChI is InChI=1S/C8H18O.3ClH.Zr/c1-3-5-6-8(4-2)7-9;;;;/h8-9H,3-7H2,1-2H3;3*1H;/q;;;;+3/p-3. The Balaban J connectivity index is -0.0000000533. The van der Waals surface area contributed by atoms with Gasteiger partial charge < -0.3 is 42.3 Å². The van der Waals surface area contributed by atoms with Crippen molar-refractivity contribution >= 4 is 0 Å². The fourth-order valence-corrected chi connectivity index (χ4v) is 0.917. The fourth-order valence-electron chi connectivity index (χ4n) is 0.917. The first-order valence-corrected chi connectivity index (χ1v) is 3.96. The van der Waals surface area contributed by atoms with Crippen molar-refractivity contribution in [3.8, 4) is 0 Å². The molecule has 0 aromatic carbocycles. The average Bonchev–Trinajstić information content (AvgIpc) is 1.91. The van der Waals surface area contributed by atoms with Crippen LogP contribution in [0.3, 0.4) is 0 Å². The molecule has 1 unspecified atom stereocenters. The molecule has 0 fully saturated rings. The van der Waals surface area contributed by atoms with Crippen LogP contribution < -0.4 is 37.2 Å². The number of aliphatic hydroxyl groups excluding tert-OH is 1. The van der Waals surface area contributed by atoms with Gasteiger partial charge in [0.15, 0.2) is 0 Å². The van der Waals surface area contributed by atoms with Gasteiger partial charge in [0.25, 0.3) is 0 Å². The Bertz CT molecular complexity index is 63.4. The van der Waals surface area contributed by atoms with Crippen molar-refractivity contribution in [1.82, 2.24) is 0 Å². The molecule has 13 heavy (non-hydrogen) atoms. The second-order valence-electron chi connectivity index (χ2n) is 2.60. The van der Waals surface area contributed by atoms with Crippen molar-refractivity contribution in [1.29, 1.82) is 0 Å². The predicted molar refractivity (Wildman–Crippen MR) is 40.4 cm³/mol. The quantitative estimate of drug-likeness (QED) is 0.532. The molecule has 0 saturated heterocycles. The van der Waals surface area contributed by atoms with Gasteiger partial charge in [-0.15, -0.1) is 0 Å². The molecule has 1 atom stereocenters. The Hall–Kier alpha value is 1.71. The number of halogens is 3. The fraction of sp³-hybridized carbons (Fsp3) is 1.00. The van der Waals surface area contributed by atoms with E-state index in [2.05, 4.69) is 13.8 Å². The third-order valence-electron chi connectivity index (χ3n) is 1.80. The maximum absolute atomic E-state index is 8.75. The molecule has 1 N–H and O–H groups in total. The number of hydrogen-bond donors (Lipinski definition) is 1. The minimum Gasteiger partial charge on any atom is -1.00 e. The largest absolute Gasteiger partial charge is 3.00 e. The summed E-state index contributed by atoms with van der Waals surface area (Å²) in [6.45, 7) is 4.69. The summed E-state index contributed by atoms with van der Waals surface area (Å²) in [5.41, 5.74) is 0. The zero-order valence-electron chi connectivity index (χ0n) is 8.19. The molecule has 5 heteroatoms. The van der Waals surface area contributed by atoms with Crippen LogP contribution in [0.2, 0.25) is 0 Å². The number of rotatable bonds is 5. The first-order chi connectivity index (χ1) is 4.35. The monoisotopic (exact) mass is 325 g/mol. The molecule has 0 rings (SSSR count). The molecule has 0 bridgehead atoms. The van der Waals surface area contributed by atoms with E-state index in [-0.39, 0.29) is 63.4 Å². The second-order valence-corrected chi connectivity index (χ2v) is 2.60. The molecular weight excluding hydrogens is 310 g/mol. The van der Waals surface area contributed by atoms with Crippen LogP contribution in [0.5, 0.6) is 0 Å². The van der Waals surface area contributed by atoms with Crippen molar-refractivity contribution in [3.05, 3.63) is 0 Å². The maximum atomic E-state index is 8.75. The van der Waals surface area contributed by atoms with E-state index in [1.165, 1.54) is 19.3 Å². The van der Waals surface area contributed by atoms with Gasteiger partial charge in [0.2, 0.25) is 0 Å². The minimum atomic E-state index is 0. The molecular formula is C8H18Cl3OZr. The van der Waals surface area contributed by atoms with Gasteiger partial charge in [-0.1, -0.05) is 33.1 Å². The Morgan fingerprint density at radius 1 is 1.08 bits per heavy atom. The maximum Gasteiger partial charge on any atom is 3.00 e. The molecule has 1 radical (unpaired) electrons. The summed E-state index contributed by atoms with van der Waals surface area (Å²) in [5, 5.41) is 8.75. The van der Waals surface area contributed by atoms with Crippen LogP contribution in [0.1, 0.15) is 39.5 Å². The molecule has 0 spiro atoms. The average molecular weight is 328 g/mol. The molecule has 0 aliphatic rings. The van der Waals surface area contributed by atoms with Gasteiger partial charge in [-0.05, 0) is 12.3 Å². The summed E-state index contributed by atoms with van der Waals surface area (Å²) in [5.74, 6) is 0.560. The van der Waals surface area contributed by atoms with Crippen molar-refractivity contribution in [3.63, 3.8) is 0 Å². The first-order valence-electron chi connectivity index (χ1n) is 3.96.